The third-order valence-electron chi connectivity index (χ3n) is 3.10. The lowest BCUT2D eigenvalue weighted by atomic mass is 10.3. The van der Waals surface area contributed by atoms with Crippen LogP contribution in [0.1, 0.15) is 4.88 Å². The molecule has 1 aromatic heterocycles. The predicted molar refractivity (Wildman–Crippen MR) is 88.9 cm³/mol. The zero-order valence-corrected chi connectivity index (χ0v) is 13.8. The lowest BCUT2D eigenvalue weighted by Gasteiger charge is -2.17. The third kappa shape index (κ3) is 5.42. The highest BCUT2D eigenvalue weighted by Crippen LogP contribution is 2.20. The molecule has 1 atom stereocenters. The van der Waals surface area contributed by atoms with E-state index < -0.39 is 17.5 Å². The van der Waals surface area contributed by atoms with Crippen LogP contribution in [0.4, 0.5) is 14.5 Å². The fourth-order valence-electron chi connectivity index (χ4n) is 2.12. The first-order chi connectivity index (χ1) is 11.0. The van der Waals surface area contributed by atoms with Gasteiger partial charge in [-0.05, 0) is 30.3 Å². The van der Waals surface area contributed by atoms with Gasteiger partial charge in [0.25, 0.3) is 5.91 Å². The second kappa shape index (κ2) is 8.19. The zero-order valence-electron chi connectivity index (χ0n) is 12.2. The summed E-state index contributed by atoms with van der Waals surface area (Å²) in [5, 5.41) is 2.40. The Labute approximate surface area is 142 Å². The summed E-state index contributed by atoms with van der Waals surface area (Å²) in [7, 11) is 0. The molecule has 1 unspecified atom stereocenters. The number of nitrogens with one attached hydrogen (secondary N) is 2. The third-order valence-corrected chi connectivity index (χ3v) is 4.33. The number of anilines is 1. The van der Waals surface area contributed by atoms with Crippen LogP contribution in [0.2, 0.25) is 4.34 Å². The average molecular weight is 358 g/mol. The number of halogens is 3. The Balaban J connectivity index is 1.99. The summed E-state index contributed by atoms with van der Waals surface area (Å²) in [5.41, 5.74) is -0.160. The monoisotopic (exact) mass is 357 g/mol. The van der Waals surface area contributed by atoms with Gasteiger partial charge in [-0.2, -0.15) is 0 Å². The van der Waals surface area contributed by atoms with E-state index in [4.69, 9.17) is 11.6 Å². The standard InChI is InChI=1S/C16H15ClF2N2OS/c1-2-7-21(9-12-4-6-15(17)23-12)10-16(22)20-14-8-11(18)3-5-13(14)19/h2-6,8H,1,7,9-10H2,(H,20,22)/p+1. The van der Waals surface area contributed by atoms with Gasteiger partial charge in [0.05, 0.1) is 21.4 Å². The lowest BCUT2D eigenvalue weighted by molar-refractivity contribution is -0.899. The zero-order chi connectivity index (χ0) is 16.8. The van der Waals surface area contributed by atoms with Crippen LogP contribution in [-0.4, -0.2) is 19.0 Å². The molecule has 0 aliphatic rings. The van der Waals surface area contributed by atoms with Gasteiger partial charge in [-0.25, -0.2) is 8.78 Å². The number of carbonyl (C=O) groups excluding carboxylic acids is 1. The van der Waals surface area contributed by atoms with Crippen molar-refractivity contribution in [3.63, 3.8) is 0 Å². The summed E-state index contributed by atoms with van der Waals surface area (Å²) in [5.74, 6) is -1.67. The number of carbonyl (C=O) groups is 1. The van der Waals surface area contributed by atoms with Crippen molar-refractivity contribution in [3.05, 3.63) is 63.8 Å². The Hall–Kier alpha value is -1.76. The van der Waals surface area contributed by atoms with Crippen molar-refractivity contribution in [1.29, 1.82) is 0 Å². The minimum absolute atomic E-state index is 0.109. The molecule has 23 heavy (non-hydrogen) atoms. The molecule has 0 spiro atoms. The highest BCUT2D eigenvalue weighted by molar-refractivity contribution is 7.16. The Morgan fingerprint density at radius 1 is 1.35 bits per heavy atom. The van der Waals surface area contributed by atoms with Crippen molar-refractivity contribution in [3.8, 4) is 0 Å². The molecule has 2 N–H and O–H groups in total. The first-order valence-corrected chi connectivity index (χ1v) is 8.11. The van der Waals surface area contributed by atoms with Crippen LogP contribution in [0.3, 0.4) is 0 Å². The van der Waals surface area contributed by atoms with Crippen molar-refractivity contribution in [2.24, 2.45) is 0 Å². The Morgan fingerprint density at radius 3 is 2.78 bits per heavy atom. The molecular formula is C16H16ClF2N2OS+. The molecule has 1 amide bonds. The van der Waals surface area contributed by atoms with Crippen molar-refractivity contribution in [2.45, 2.75) is 6.54 Å². The van der Waals surface area contributed by atoms with E-state index >= 15 is 0 Å². The number of thiophene rings is 1. The summed E-state index contributed by atoms with van der Waals surface area (Å²) >= 11 is 7.35. The van der Waals surface area contributed by atoms with Crippen molar-refractivity contribution in [1.82, 2.24) is 0 Å². The molecule has 2 rings (SSSR count). The molecule has 0 aliphatic carbocycles. The molecule has 0 saturated carbocycles. The van der Waals surface area contributed by atoms with E-state index in [-0.39, 0.29) is 12.2 Å². The average Bonchev–Trinajstić information content (AvgIpc) is 2.88. The Kier molecular flexibility index (Phi) is 6.27. The van der Waals surface area contributed by atoms with Crippen molar-refractivity contribution < 1.29 is 18.5 Å². The highest BCUT2D eigenvalue weighted by atomic mass is 35.5. The van der Waals surface area contributed by atoms with Crippen LogP contribution in [0.5, 0.6) is 0 Å². The molecule has 1 heterocycles. The molecule has 0 saturated heterocycles. The van der Waals surface area contributed by atoms with Gasteiger partial charge >= 0.3 is 0 Å². The van der Waals surface area contributed by atoms with Gasteiger partial charge in [0.15, 0.2) is 6.54 Å². The maximum absolute atomic E-state index is 13.5. The second-order valence-corrected chi connectivity index (χ2v) is 6.77. The van der Waals surface area contributed by atoms with Gasteiger partial charge in [-0.1, -0.05) is 18.2 Å². The Morgan fingerprint density at radius 2 is 2.13 bits per heavy atom. The van der Waals surface area contributed by atoms with Gasteiger partial charge in [0, 0.05) is 6.07 Å². The smallest absolute Gasteiger partial charge is 0.279 e. The number of amides is 1. The fraction of sp³-hybridized carbons (Fsp3) is 0.188. The van der Waals surface area contributed by atoms with Crippen molar-refractivity contribution >= 4 is 34.5 Å². The quantitative estimate of drug-likeness (QED) is 0.734. The topological polar surface area (TPSA) is 33.5 Å². The minimum Gasteiger partial charge on any atom is -0.319 e. The van der Waals surface area contributed by atoms with Gasteiger partial charge < -0.3 is 10.2 Å². The molecule has 1 aromatic carbocycles. The summed E-state index contributed by atoms with van der Waals surface area (Å²) in [6.07, 6.45) is 1.71. The Bertz CT molecular complexity index is 705. The van der Waals surface area contributed by atoms with Crippen LogP contribution in [0.15, 0.2) is 43.0 Å². The number of rotatable bonds is 7. The van der Waals surface area contributed by atoms with E-state index in [0.717, 1.165) is 28.0 Å². The highest BCUT2D eigenvalue weighted by Gasteiger charge is 2.16. The van der Waals surface area contributed by atoms with E-state index in [1.165, 1.54) is 11.3 Å². The SMILES string of the molecule is C=CC[NH+](CC(=O)Nc1cc(F)ccc1F)Cc1ccc(Cl)s1. The van der Waals surface area contributed by atoms with Gasteiger partial charge in [0.2, 0.25) is 0 Å². The number of quaternary nitrogens is 1. The van der Waals surface area contributed by atoms with Crippen LogP contribution in [0, 0.1) is 11.6 Å². The van der Waals surface area contributed by atoms with Gasteiger partial charge in [-0.3, -0.25) is 4.79 Å². The van der Waals surface area contributed by atoms with E-state index in [1.807, 2.05) is 6.07 Å². The van der Waals surface area contributed by atoms with Gasteiger partial charge in [-0.15, -0.1) is 11.3 Å². The van der Waals surface area contributed by atoms with E-state index in [2.05, 4.69) is 11.9 Å². The summed E-state index contributed by atoms with van der Waals surface area (Å²) in [6.45, 7) is 4.95. The number of hydrogen-bond donors (Lipinski definition) is 2. The molecular weight excluding hydrogens is 342 g/mol. The predicted octanol–water partition coefficient (Wildman–Crippen LogP) is 2.89. The van der Waals surface area contributed by atoms with Gasteiger partial charge in [0.1, 0.15) is 18.2 Å². The maximum atomic E-state index is 13.5. The van der Waals surface area contributed by atoms with Crippen molar-refractivity contribution in [2.75, 3.05) is 18.4 Å². The van der Waals surface area contributed by atoms with Crippen LogP contribution < -0.4 is 10.2 Å². The molecule has 0 bridgehead atoms. The summed E-state index contributed by atoms with van der Waals surface area (Å²) < 4.78 is 27.4. The van der Waals surface area contributed by atoms with E-state index in [1.54, 1.807) is 12.1 Å². The van der Waals surface area contributed by atoms with Crippen LogP contribution in [-0.2, 0) is 11.3 Å². The normalized spacial score (nSPS) is 12.0. The number of hydrogen-bond acceptors (Lipinski definition) is 2. The fourth-order valence-corrected chi connectivity index (χ4v) is 3.28. The van der Waals surface area contributed by atoms with E-state index in [0.29, 0.717) is 17.4 Å². The number of benzene rings is 1. The molecule has 0 radical (unpaired) electrons. The lowest BCUT2D eigenvalue weighted by Crippen LogP contribution is -3.11. The molecule has 2 aromatic rings. The first-order valence-electron chi connectivity index (χ1n) is 6.91. The minimum atomic E-state index is -0.671. The molecule has 3 nitrogen and oxygen atoms in total. The molecule has 7 heteroatoms. The maximum Gasteiger partial charge on any atom is 0.279 e. The molecule has 122 valence electrons. The second-order valence-electron chi connectivity index (χ2n) is 4.97. The van der Waals surface area contributed by atoms with E-state index in [9.17, 15) is 13.6 Å². The largest absolute Gasteiger partial charge is 0.319 e. The first kappa shape index (κ1) is 17.6. The molecule has 0 fully saturated rings. The summed E-state index contributed by atoms with van der Waals surface area (Å²) in [4.78, 5) is 14.0. The summed E-state index contributed by atoms with van der Waals surface area (Å²) in [6, 6.07) is 6.64. The van der Waals surface area contributed by atoms with Crippen LogP contribution in [0.25, 0.3) is 0 Å². The molecule has 0 aliphatic heterocycles. The van der Waals surface area contributed by atoms with Crippen LogP contribution >= 0.6 is 22.9 Å².